The molecule has 2 heteroatoms. The molecule has 0 aromatic rings. The lowest BCUT2D eigenvalue weighted by molar-refractivity contribution is 0.531. The fourth-order valence-corrected chi connectivity index (χ4v) is 7.41. The minimum atomic E-state index is 0.322. The molecule has 0 saturated carbocycles. The van der Waals surface area contributed by atoms with Gasteiger partial charge in [-0.1, -0.05) is 164 Å². The van der Waals surface area contributed by atoms with Crippen molar-refractivity contribution in [3.05, 3.63) is 0 Å². The summed E-state index contributed by atoms with van der Waals surface area (Å²) in [5.74, 6) is 0. The summed E-state index contributed by atoms with van der Waals surface area (Å²) in [5.41, 5.74) is 0.322. The molecule has 0 spiro atoms. The third-order valence-corrected chi connectivity index (χ3v) is 10.5. The minimum Gasteiger partial charge on any atom is -0.0654 e. The molecular weight excluding hydrogens is 470 g/mol. The van der Waals surface area contributed by atoms with Crippen LogP contribution in [0.1, 0.15) is 155 Å². The van der Waals surface area contributed by atoms with Gasteiger partial charge in [0.2, 0.25) is 0 Å². The van der Waals surface area contributed by atoms with Gasteiger partial charge in [0.15, 0.2) is 0 Å². The first-order valence-corrected chi connectivity index (χ1v) is 17.7. The second-order valence-electron chi connectivity index (χ2n) is 8.98. The molecule has 0 bridgehead atoms. The van der Waals surface area contributed by atoms with Crippen molar-refractivity contribution in [1.29, 1.82) is 0 Å². The van der Waals surface area contributed by atoms with E-state index >= 15 is 0 Å². The first kappa shape index (κ1) is 29.2. The molecule has 0 heterocycles. The van der Waals surface area contributed by atoms with Crippen LogP contribution < -0.4 is 0 Å². The zero-order chi connectivity index (χ0) is 20.5. The zero-order valence-electron chi connectivity index (χ0n) is 19.8. The predicted molar refractivity (Wildman–Crippen MR) is 144 cm³/mol. The molecule has 28 heavy (non-hydrogen) atoms. The van der Waals surface area contributed by atoms with Crippen LogP contribution in [0.2, 0.25) is 0 Å². The Kier molecular flexibility index (Phi) is 27.3. The molecule has 0 nitrogen and oxygen atoms in total. The Bertz CT molecular complexity index is 269. The molecule has 0 rings (SSSR count). The second kappa shape index (κ2) is 26.2. The van der Waals surface area contributed by atoms with E-state index in [1.54, 1.807) is 0 Å². The van der Waals surface area contributed by atoms with Crippen LogP contribution in [0.3, 0.4) is 0 Å². The van der Waals surface area contributed by atoms with Crippen molar-refractivity contribution in [3.8, 4) is 0 Å². The molecule has 0 radical (unpaired) electrons. The highest BCUT2D eigenvalue weighted by molar-refractivity contribution is 14.2. The topological polar surface area (TPSA) is 0 Å². The summed E-state index contributed by atoms with van der Waals surface area (Å²) < 4.78 is 0. The Hall–Kier alpha value is 1.16. The lowest BCUT2D eigenvalue weighted by Gasteiger charge is -2.10. The van der Waals surface area contributed by atoms with E-state index < -0.39 is 0 Å². The van der Waals surface area contributed by atoms with Crippen LogP contribution in [0.15, 0.2) is 0 Å². The maximum Gasteiger partial charge on any atom is -0.0235 e. The predicted octanol–water partition coefficient (Wildman–Crippen LogP) is 11.4. The number of hydrogen-bond acceptors (Lipinski definition) is 0. The van der Waals surface area contributed by atoms with Crippen molar-refractivity contribution in [2.45, 2.75) is 155 Å². The van der Waals surface area contributed by atoms with Crippen LogP contribution in [-0.4, -0.2) is 12.3 Å². The quantitative estimate of drug-likeness (QED) is 0.0669. The zero-order valence-corrected chi connectivity index (χ0v) is 22.8. The Morgan fingerprint density at radius 1 is 0.357 bits per heavy atom. The van der Waals surface area contributed by atoms with Crippen LogP contribution in [0.25, 0.3) is 0 Å². The molecule has 0 aliphatic carbocycles. The van der Waals surface area contributed by atoms with Gasteiger partial charge in [-0.3, -0.25) is 0 Å². The van der Waals surface area contributed by atoms with Gasteiger partial charge in [0.25, 0.3) is 0 Å². The highest BCUT2D eigenvalue weighted by atomic mass is 127. The molecule has 0 aliphatic heterocycles. The average molecular weight is 525 g/mol. The standard InChI is InChI=1S/C26H54IP/c1-3-5-7-9-11-12-13-14-15-16-17-18-19-20-22-24-26-28(27)25-23-21-10-8-6-4-2/h3-26H2,1-2H3. The third-order valence-electron chi connectivity index (χ3n) is 6.01. The number of hydrogen-bond donors (Lipinski definition) is 0. The van der Waals surface area contributed by atoms with Crippen molar-refractivity contribution in [3.63, 3.8) is 0 Å². The minimum absolute atomic E-state index is 0.322. The van der Waals surface area contributed by atoms with Crippen molar-refractivity contribution >= 4 is 27.6 Å². The SMILES string of the molecule is CCCCCCCCCCCCCCCCCCP(I)CCCCCCCC. The van der Waals surface area contributed by atoms with Crippen LogP contribution in [0.4, 0.5) is 0 Å². The van der Waals surface area contributed by atoms with E-state index in [1.807, 2.05) is 0 Å². The molecule has 1 unspecified atom stereocenters. The number of unbranched alkanes of at least 4 members (excludes halogenated alkanes) is 20. The first-order chi connectivity index (χ1) is 13.8. The maximum absolute atomic E-state index is 2.78. The third kappa shape index (κ3) is 25.2. The van der Waals surface area contributed by atoms with Gasteiger partial charge in [0.05, 0.1) is 0 Å². The van der Waals surface area contributed by atoms with E-state index in [-0.39, 0.29) is 0 Å². The molecule has 0 aromatic carbocycles. The van der Waals surface area contributed by atoms with Gasteiger partial charge in [-0.2, -0.15) is 0 Å². The van der Waals surface area contributed by atoms with Gasteiger partial charge in [0, 0.05) is 0 Å². The molecule has 0 amide bonds. The van der Waals surface area contributed by atoms with E-state index in [4.69, 9.17) is 0 Å². The monoisotopic (exact) mass is 524 g/mol. The highest BCUT2D eigenvalue weighted by Crippen LogP contribution is 2.46. The van der Waals surface area contributed by atoms with Gasteiger partial charge < -0.3 is 0 Å². The van der Waals surface area contributed by atoms with Crippen LogP contribution in [0, 0.1) is 0 Å². The highest BCUT2D eigenvalue weighted by Gasteiger charge is 2.03. The van der Waals surface area contributed by atoms with Crippen molar-refractivity contribution < 1.29 is 0 Å². The van der Waals surface area contributed by atoms with Crippen molar-refractivity contribution in [2.75, 3.05) is 12.3 Å². The fraction of sp³-hybridized carbons (Fsp3) is 1.00. The first-order valence-electron chi connectivity index (χ1n) is 13.2. The van der Waals surface area contributed by atoms with Crippen LogP contribution in [0.5, 0.6) is 0 Å². The van der Waals surface area contributed by atoms with E-state index in [0.29, 0.717) is 5.56 Å². The lowest BCUT2D eigenvalue weighted by atomic mass is 10.0. The van der Waals surface area contributed by atoms with Crippen LogP contribution in [-0.2, 0) is 0 Å². The number of rotatable bonds is 24. The number of halogens is 1. The molecular formula is C26H54IP. The Balaban J connectivity index is 3.09. The van der Waals surface area contributed by atoms with Gasteiger partial charge in [-0.15, -0.1) is 0 Å². The summed E-state index contributed by atoms with van der Waals surface area (Å²) in [5, 5.41) is 0. The molecule has 0 fully saturated rings. The molecule has 0 N–H and O–H groups in total. The summed E-state index contributed by atoms with van der Waals surface area (Å²) in [6.45, 7) is 4.61. The largest absolute Gasteiger partial charge is 0.0654 e. The van der Waals surface area contributed by atoms with Gasteiger partial charge in [-0.05, 0) is 30.7 Å². The molecule has 0 aromatic heterocycles. The second-order valence-corrected chi connectivity index (χ2v) is 14.9. The van der Waals surface area contributed by atoms with E-state index in [1.165, 1.54) is 154 Å². The molecule has 0 aliphatic rings. The lowest BCUT2D eigenvalue weighted by Crippen LogP contribution is -1.88. The average Bonchev–Trinajstić information content (AvgIpc) is 2.70. The summed E-state index contributed by atoms with van der Waals surface area (Å²) >= 11 is 2.78. The molecule has 1 atom stereocenters. The Morgan fingerprint density at radius 3 is 0.821 bits per heavy atom. The normalized spacial score (nSPS) is 12.5. The fourth-order valence-electron chi connectivity index (χ4n) is 4.01. The van der Waals surface area contributed by atoms with Gasteiger partial charge in [-0.25, -0.2) is 0 Å². The van der Waals surface area contributed by atoms with Crippen LogP contribution >= 0.6 is 27.6 Å². The van der Waals surface area contributed by atoms with Crippen molar-refractivity contribution in [2.24, 2.45) is 0 Å². The summed E-state index contributed by atoms with van der Waals surface area (Å²) in [4.78, 5) is 0. The molecule has 0 saturated heterocycles. The van der Waals surface area contributed by atoms with Gasteiger partial charge >= 0.3 is 0 Å². The molecule has 170 valence electrons. The summed E-state index contributed by atoms with van der Waals surface area (Å²) in [7, 11) is 0. The Morgan fingerprint density at radius 2 is 0.571 bits per heavy atom. The van der Waals surface area contributed by atoms with Gasteiger partial charge in [0.1, 0.15) is 0 Å². The van der Waals surface area contributed by atoms with E-state index in [2.05, 4.69) is 35.9 Å². The van der Waals surface area contributed by atoms with E-state index in [9.17, 15) is 0 Å². The Labute approximate surface area is 194 Å². The summed E-state index contributed by atoms with van der Waals surface area (Å²) in [6, 6.07) is 0. The van der Waals surface area contributed by atoms with Crippen molar-refractivity contribution in [1.82, 2.24) is 0 Å². The maximum atomic E-state index is 2.78. The summed E-state index contributed by atoms with van der Waals surface area (Å²) in [6.07, 6.45) is 35.5. The smallest absolute Gasteiger partial charge is 0.0235 e. The van der Waals surface area contributed by atoms with E-state index in [0.717, 1.165) is 0 Å².